The maximum atomic E-state index is 11.6. The maximum Gasteiger partial charge on any atom is 0.276 e. The van der Waals surface area contributed by atoms with Crippen molar-refractivity contribution in [1.29, 1.82) is 0 Å². The highest BCUT2D eigenvalue weighted by Crippen LogP contribution is 2.22. The third-order valence-electron chi connectivity index (χ3n) is 2.77. The zero-order valence-corrected chi connectivity index (χ0v) is 14.4. The van der Waals surface area contributed by atoms with Gasteiger partial charge < -0.3 is 10.1 Å². The first-order valence-electron chi connectivity index (χ1n) is 7.29. The van der Waals surface area contributed by atoms with E-state index in [2.05, 4.69) is 23.1 Å². The van der Waals surface area contributed by atoms with Crippen LogP contribution < -0.4 is 20.9 Å². The van der Waals surface area contributed by atoms with Crippen molar-refractivity contribution in [2.24, 2.45) is 0 Å². The smallest absolute Gasteiger partial charge is 0.276 e. The van der Waals surface area contributed by atoms with E-state index in [4.69, 9.17) is 28.6 Å². The second-order valence-electron chi connectivity index (χ2n) is 4.73. The molecule has 126 valence electrons. The average molecular weight is 358 g/mol. The number of rotatable bonds is 7. The summed E-state index contributed by atoms with van der Waals surface area (Å²) in [4.78, 5) is 23.1. The number of para-hydroxylation sites is 1. The molecule has 0 heterocycles. The third-order valence-corrected chi connectivity index (χ3v) is 3.29. The van der Waals surface area contributed by atoms with Gasteiger partial charge in [-0.1, -0.05) is 43.5 Å². The van der Waals surface area contributed by atoms with Crippen LogP contribution >= 0.6 is 23.8 Å². The highest BCUT2D eigenvalue weighted by atomic mass is 35.5. The molecule has 0 fully saturated rings. The van der Waals surface area contributed by atoms with Crippen LogP contribution in [0.4, 0.5) is 0 Å². The van der Waals surface area contributed by atoms with Crippen molar-refractivity contribution in [3.05, 3.63) is 29.3 Å². The molecule has 3 N–H and O–H groups in total. The van der Waals surface area contributed by atoms with Crippen LogP contribution in [0.3, 0.4) is 0 Å². The number of carbonyl (C=O) groups is 2. The summed E-state index contributed by atoms with van der Waals surface area (Å²) >= 11 is 10.8. The van der Waals surface area contributed by atoms with Crippen molar-refractivity contribution in [2.75, 3.05) is 6.61 Å². The number of nitrogens with one attached hydrogen (secondary N) is 3. The highest BCUT2D eigenvalue weighted by molar-refractivity contribution is 7.80. The Kier molecular flexibility index (Phi) is 9.01. The predicted octanol–water partition coefficient (Wildman–Crippen LogP) is 2.32. The molecular formula is C15H20ClN3O3S. The standard InChI is InChI=1S/C15H20ClN3O3S/c1-2-3-4-9-13(20)17-15(23)19-18-14(21)10-22-12-8-6-5-7-11(12)16/h5-8H,2-4,9-10H2,1H3,(H,18,21)(H2,17,19,20,23). The Balaban J connectivity index is 2.21. The minimum Gasteiger partial charge on any atom is -0.482 e. The van der Waals surface area contributed by atoms with Gasteiger partial charge in [-0.2, -0.15) is 0 Å². The molecule has 1 aromatic rings. The Morgan fingerprint density at radius 3 is 2.61 bits per heavy atom. The van der Waals surface area contributed by atoms with E-state index in [1.54, 1.807) is 24.3 Å². The molecule has 0 atom stereocenters. The fourth-order valence-electron chi connectivity index (χ4n) is 1.62. The predicted molar refractivity (Wildman–Crippen MR) is 93.1 cm³/mol. The van der Waals surface area contributed by atoms with Crippen molar-refractivity contribution >= 4 is 40.7 Å². The first-order valence-corrected chi connectivity index (χ1v) is 8.07. The molecule has 0 radical (unpaired) electrons. The van der Waals surface area contributed by atoms with E-state index >= 15 is 0 Å². The van der Waals surface area contributed by atoms with Crippen molar-refractivity contribution < 1.29 is 14.3 Å². The largest absolute Gasteiger partial charge is 0.482 e. The van der Waals surface area contributed by atoms with Crippen LogP contribution in [0.15, 0.2) is 24.3 Å². The molecule has 8 heteroatoms. The monoisotopic (exact) mass is 357 g/mol. The van der Waals surface area contributed by atoms with Gasteiger partial charge in [0, 0.05) is 6.42 Å². The van der Waals surface area contributed by atoms with Crippen molar-refractivity contribution in [2.45, 2.75) is 32.6 Å². The first-order chi connectivity index (χ1) is 11.0. The van der Waals surface area contributed by atoms with Gasteiger partial charge in [-0.15, -0.1) is 0 Å². The zero-order valence-electron chi connectivity index (χ0n) is 12.9. The van der Waals surface area contributed by atoms with E-state index in [0.29, 0.717) is 17.2 Å². The molecular weight excluding hydrogens is 338 g/mol. The van der Waals surface area contributed by atoms with Gasteiger partial charge in [0.25, 0.3) is 5.91 Å². The second kappa shape index (κ2) is 10.8. The van der Waals surface area contributed by atoms with Crippen molar-refractivity contribution in [1.82, 2.24) is 16.2 Å². The Hall–Kier alpha value is -1.86. The van der Waals surface area contributed by atoms with Crippen LogP contribution in [0.25, 0.3) is 0 Å². The Bertz CT molecular complexity index is 555. The van der Waals surface area contributed by atoms with E-state index in [9.17, 15) is 9.59 Å². The number of amides is 2. The van der Waals surface area contributed by atoms with E-state index in [-0.39, 0.29) is 17.6 Å². The quantitative estimate of drug-likeness (QED) is 0.396. The van der Waals surface area contributed by atoms with Crippen LogP contribution in [-0.4, -0.2) is 23.5 Å². The molecule has 23 heavy (non-hydrogen) atoms. The van der Waals surface area contributed by atoms with Gasteiger partial charge in [-0.3, -0.25) is 20.4 Å². The summed E-state index contributed by atoms with van der Waals surface area (Å²) in [5, 5.41) is 2.94. The summed E-state index contributed by atoms with van der Waals surface area (Å²) < 4.78 is 5.26. The fraction of sp³-hybridized carbons (Fsp3) is 0.400. The van der Waals surface area contributed by atoms with Crippen LogP contribution in [0.5, 0.6) is 5.75 Å². The summed E-state index contributed by atoms with van der Waals surface area (Å²) in [6, 6.07) is 6.83. The van der Waals surface area contributed by atoms with Gasteiger partial charge in [-0.25, -0.2) is 0 Å². The molecule has 0 unspecified atom stereocenters. The minimum atomic E-state index is -0.451. The lowest BCUT2D eigenvalue weighted by Crippen LogP contribution is -2.49. The van der Waals surface area contributed by atoms with Gasteiger partial charge in [0.2, 0.25) is 5.91 Å². The molecule has 2 amide bonds. The number of hydrogen-bond acceptors (Lipinski definition) is 4. The highest BCUT2D eigenvalue weighted by Gasteiger charge is 2.07. The van der Waals surface area contributed by atoms with E-state index in [1.165, 1.54) is 0 Å². The minimum absolute atomic E-state index is 0.0394. The van der Waals surface area contributed by atoms with Crippen LogP contribution in [-0.2, 0) is 9.59 Å². The molecule has 1 aromatic carbocycles. The Morgan fingerprint density at radius 1 is 1.17 bits per heavy atom. The van der Waals surface area contributed by atoms with Gasteiger partial charge >= 0.3 is 0 Å². The lowest BCUT2D eigenvalue weighted by molar-refractivity contribution is -0.124. The zero-order chi connectivity index (χ0) is 17.1. The van der Waals surface area contributed by atoms with Crippen molar-refractivity contribution in [3.63, 3.8) is 0 Å². The molecule has 0 aliphatic carbocycles. The van der Waals surface area contributed by atoms with E-state index in [0.717, 1.165) is 19.3 Å². The van der Waals surface area contributed by atoms with E-state index in [1.807, 2.05) is 0 Å². The topological polar surface area (TPSA) is 79.5 Å². The van der Waals surface area contributed by atoms with Crippen LogP contribution in [0, 0.1) is 0 Å². The SMILES string of the molecule is CCCCCC(=O)NC(=S)NNC(=O)COc1ccccc1Cl. The molecule has 1 rings (SSSR count). The fourth-order valence-corrected chi connectivity index (χ4v) is 1.98. The number of carbonyl (C=O) groups excluding carboxylic acids is 2. The van der Waals surface area contributed by atoms with E-state index < -0.39 is 5.91 Å². The van der Waals surface area contributed by atoms with Gasteiger partial charge in [-0.05, 0) is 30.8 Å². The number of benzene rings is 1. The molecule has 0 saturated heterocycles. The number of halogens is 1. The molecule has 0 spiro atoms. The maximum absolute atomic E-state index is 11.6. The number of thiocarbonyl (C=S) groups is 1. The molecule has 0 aromatic heterocycles. The average Bonchev–Trinajstić information content (AvgIpc) is 2.52. The second-order valence-corrected chi connectivity index (χ2v) is 5.54. The third kappa shape index (κ3) is 8.37. The van der Waals surface area contributed by atoms with Crippen molar-refractivity contribution in [3.8, 4) is 5.75 Å². The molecule has 0 bridgehead atoms. The number of hydrazine groups is 1. The van der Waals surface area contributed by atoms with Crippen LogP contribution in [0.2, 0.25) is 5.02 Å². The first kappa shape index (κ1) is 19.2. The summed E-state index contributed by atoms with van der Waals surface area (Å²) in [5.41, 5.74) is 4.77. The molecule has 6 nitrogen and oxygen atoms in total. The Labute approximate surface area is 145 Å². The van der Waals surface area contributed by atoms with Gasteiger partial charge in [0.05, 0.1) is 5.02 Å². The molecule has 0 aliphatic heterocycles. The normalized spacial score (nSPS) is 9.83. The molecule has 0 aliphatic rings. The van der Waals surface area contributed by atoms with Gasteiger partial charge in [0.1, 0.15) is 5.75 Å². The number of unbranched alkanes of at least 4 members (excludes halogenated alkanes) is 2. The van der Waals surface area contributed by atoms with Crippen LogP contribution in [0.1, 0.15) is 32.6 Å². The summed E-state index contributed by atoms with van der Waals surface area (Å²) in [7, 11) is 0. The summed E-state index contributed by atoms with van der Waals surface area (Å²) in [6.07, 6.45) is 3.24. The summed E-state index contributed by atoms with van der Waals surface area (Å²) in [6.45, 7) is 1.83. The lowest BCUT2D eigenvalue weighted by atomic mass is 10.2. The number of ether oxygens (including phenoxy) is 1. The number of hydrogen-bond donors (Lipinski definition) is 3. The summed E-state index contributed by atoms with van der Waals surface area (Å²) in [5.74, 6) is -0.221. The lowest BCUT2D eigenvalue weighted by Gasteiger charge is -2.11. The van der Waals surface area contributed by atoms with Gasteiger partial charge in [0.15, 0.2) is 11.7 Å². The molecule has 0 saturated carbocycles. The Morgan fingerprint density at radius 2 is 1.91 bits per heavy atom.